The van der Waals surface area contributed by atoms with Crippen LogP contribution in [0.1, 0.15) is 0 Å². The van der Waals surface area contributed by atoms with Crippen molar-refractivity contribution in [2.24, 2.45) is 0 Å². The zero-order valence-corrected chi connectivity index (χ0v) is 6.34. The molecule has 0 unspecified atom stereocenters. The van der Waals surface area contributed by atoms with Gasteiger partial charge >= 0.3 is 0 Å². The minimum absolute atomic E-state index is 0.420. The smallest absolute Gasteiger partial charge is 0.149 e. The predicted octanol–water partition coefficient (Wildman–Crippen LogP) is 2.08. The Balaban J connectivity index is 2.83. The molecule has 0 saturated heterocycles. The van der Waals surface area contributed by atoms with Crippen molar-refractivity contribution in [2.45, 2.75) is 0 Å². The van der Waals surface area contributed by atoms with E-state index in [1.54, 1.807) is 12.1 Å². The second kappa shape index (κ2) is 2.47. The van der Waals surface area contributed by atoms with Crippen LogP contribution >= 0.6 is 11.6 Å². The summed E-state index contributed by atoms with van der Waals surface area (Å²) in [5.41, 5.74) is 0.817. The van der Waals surface area contributed by atoms with Gasteiger partial charge in [-0.15, -0.1) is 10.2 Å². The van der Waals surface area contributed by atoms with E-state index in [4.69, 9.17) is 11.6 Å². The van der Waals surface area contributed by atoms with Crippen molar-refractivity contribution in [1.29, 1.82) is 0 Å². The Hall–Kier alpha value is -1.15. The molecule has 1 aromatic heterocycles. The van der Waals surface area contributed by atoms with Crippen LogP contribution < -0.4 is 0 Å². The number of benzene rings is 1. The first-order valence-electron chi connectivity index (χ1n) is 3.15. The topological polar surface area (TPSA) is 25.8 Å². The monoisotopic (exact) mass is 163 g/mol. The van der Waals surface area contributed by atoms with Crippen LogP contribution in [-0.2, 0) is 0 Å². The summed E-state index contributed by atoms with van der Waals surface area (Å²) < 4.78 is 0. The summed E-state index contributed by atoms with van der Waals surface area (Å²) in [6, 6.07) is 10.2. The maximum Gasteiger partial charge on any atom is 0.152 e. The average molecular weight is 164 g/mol. The lowest BCUT2D eigenvalue weighted by molar-refractivity contribution is 1.08. The number of rotatable bonds is 0. The van der Waals surface area contributed by atoms with Crippen LogP contribution in [0.5, 0.6) is 0 Å². The van der Waals surface area contributed by atoms with Crippen molar-refractivity contribution in [1.82, 2.24) is 10.2 Å². The molecule has 53 valence electrons. The van der Waals surface area contributed by atoms with Gasteiger partial charge in [0.2, 0.25) is 0 Å². The molecule has 2 aromatic rings. The van der Waals surface area contributed by atoms with Crippen molar-refractivity contribution in [2.75, 3.05) is 0 Å². The highest BCUT2D eigenvalue weighted by atomic mass is 35.5. The molecule has 2 rings (SSSR count). The van der Waals surface area contributed by atoms with E-state index in [2.05, 4.69) is 16.3 Å². The fraction of sp³-hybridized carbons (Fsp3) is 0. The summed E-state index contributed by atoms with van der Waals surface area (Å²) in [6.07, 6.45) is 0. The zero-order valence-electron chi connectivity index (χ0n) is 5.58. The number of hydrogen-bond acceptors (Lipinski definition) is 2. The third-order valence-corrected chi connectivity index (χ3v) is 1.59. The Kier molecular flexibility index (Phi) is 1.47. The van der Waals surface area contributed by atoms with Crippen molar-refractivity contribution >= 4 is 22.5 Å². The number of nitrogens with zero attached hydrogens (tertiary/aromatic N) is 2. The highest BCUT2D eigenvalue weighted by molar-refractivity contribution is 6.29. The third kappa shape index (κ3) is 1.17. The second-order valence-electron chi connectivity index (χ2n) is 2.15. The van der Waals surface area contributed by atoms with E-state index in [0.717, 1.165) is 10.9 Å². The van der Waals surface area contributed by atoms with Crippen molar-refractivity contribution in [3.63, 3.8) is 0 Å². The van der Waals surface area contributed by atoms with Crippen LogP contribution in [0, 0.1) is 6.07 Å². The van der Waals surface area contributed by atoms with Gasteiger partial charge in [0, 0.05) is 5.39 Å². The van der Waals surface area contributed by atoms with Gasteiger partial charge < -0.3 is 0 Å². The molecule has 0 atom stereocenters. The number of fused-ring (bicyclic) bond motifs is 1. The molecule has 0 aliphatic heterocycles. The van der Waals surface area contributed by atoms with Crippen LogP contribution in [-0.4, -0.2) is 10.2 Å². The highest BCUT2D eigenvalue weighted by Crippen LogP contribution is 2.12. The summed E-state index contributed by atoms with van der Waals surface area (Å²) >= 11 is 5.63. The van der Waals surface area contributed by atoms with E-state index in [1.165, 1.54) is 0 Å². The van der Waals surface area contributed by atoms with Crippen LogP contribution in [0.2, 0.25) is 5.15 Å². The summed E-state index contributed by atoms with van der Waals surface area (Å²) in [6.45, 7) is 0. The zero-order chi connectivity index (χ0) is 7.68. The van der Waals surface area contributed by atoms with Gasteiger partial charge in [0.05, 0.1) is 5.52 Å². The first-order valence-corrected chi connectivity index (χ1v) is 3.53. The van der Waals surface area contributed by atoms with Gasteiger partial charge in [-0.05, 0) is 18.2 Å². The van der Waals surface area contributed by atoms with Crippen LogP contribution in [0.3, 0.4) is 0 Å². The van der Waals surface area contributed by atoms with E-state index in [9.17, 15) is 0 Å². The fourth-order valence-electron chi connectivity index (χ4n) is 0.901. The minimum Gasteiger partial charge on any atom is -0.149 e. The van der Waals surface area contributed by atoms with E-state index in [1.807, 2.05) is 12.1 Å². The Morgan fingerprint density at radius 2 is 2.27 bits per heavy atom. The summed E-state index contributed by atoms with van der Waals surface area (Å²) in [7, 11) is 0. The second-order valence-corrected chi connectivity index (χ2v) is 2.54. The minimum atomic E-state index is 0.420. The molecule has 0 fully saturated rings. The van der Waals surface area contributed by atoms with Crippen LogP contribution in [0.4, 0.5) is 0 Å². The Morgan fingerprint density at radius 3 is 3.18 bits per heavy atom. The van der Waals surface area contributed by atoms with Crippen molar-refractivity contribution in [3.05, 3.63) is 35.5 Å². The normalized spacial score (nSPS) is 10.3. The van der Waals surface area contributed by atoms with Gasteiger partial charge in [0.1, 0.15) is 0 Å². The molecule has 11 heavy (non-hydrogen) atoms. The molecule has 0 N–H and O–H groups in total. The van der Waals surface area contributed by atoms with Crippen LogP contribution in [0.25, 0.3) is 10.9 Å². The van der Waals surface area contributed by atoms with Crippen LogP contribution in [0.15, 0.2) is 24.3 Å². The standard InChI is InChI=1S/C8H4ClN2/c9-8-5-6-3-1-2-4-7(6)10-11-8/h1,3-5H. The van der Waals surface area contributed by atoms with E-state index >= 15 is 0 Å². The maximum atomic E-state index is 5.63. The number of halogens is 1. The van der Waals surface area contributed by atoms with Crippen molar-refractivity contribution < 1.29 is 0 Å². The Bertz CT molecular complexity index is 387. The van der Waals surface area contributed by atoms with Gasteiger partial charge in [-0.3, -0.25) is 0 Å². The Labute approximate surface area is 68.8 Å². The quantitative estimate of drug-likeness (QED) is 0.594. The third-order valence-electron chi connectivity index (χ3n) is 1.40. The van der Waals surface area contributed by atoms with Gasteiger partial charge in [0.25, 0.3) is 0 Å². The molecule has 0 aliphatic rings. The highest BCUT2D eigenvalue weighted by Gasteiger charge is 1.94. The molecule has 2 nitrogen and oxygen atoms in total. The molecule has 3 heteroatoms. The fourth-order valence-corrected chi connectivity index (χ4v) is 1.06. The number of hydrogen-bond donors (Lipinski definition) is 0. The molecule has 0 spiro atoms. The molecule has 1 radical (unpaired) electrons. The summed E-state index contributed by atoms with van der Waals surface area (Å²) in [5, 5.41) is 8.98. The van der Waals surface area contributed by atoms with E-state index in [-0.39, 0.29) is 0 Å². The molecule has 0 bridgehead atoms. The van der Waals surface area contributed by atoms with Gasteiger partial charge in [-0.25, -0.2) is 0 Å². The largest absolute Gasteiger partial charge is 0.152 e. The van der Waals surface area contributed by atoms with Gasteiger partial charge in [-0.2, -0.15) is 0 Å². The Morgan fingerprint density at radius 1 is 1.36 bits per heavy atom. The predicted molar refractivity (Wildman–Crippen MR) is 43.4 cm³/mol. The van der Waals surface area contributed by atoms with E-state index < -0.39 is 0 Å². The molecular weight excluding hydrogens is 160 g/mol. The van der Waals surface area contributed by atoms with E-state index in [0.29, 0.717) is 5.15 Å². The molecule has 1 aromatic carbocycles. The molecule has 0 aliphatic carbocycles. The average Bonchev–Trinajstić information content (AvgIpc) is 2.04. The first-order chi connectivity index (χ1) is 5.36. The lowest BCUT2D eigenvalue weighted by Crippen LogP contribution is -1.82. The summed E-state index contributed by atoms with van der Waals surface area (Å²) in [5.74, 6) is 0. The lowest BCUT2D eigenvalue weighted by atomic mass is 10.2. The van der Waals surface area contributed by atoms with Crippen molar-refractivity contribution in [3.8, 4) is 0 Å². The molecule has 0 amide bonds. The maximum absolute atomic E-state index is 5.63. The van der Waals surface area contributed by atoms with Gasteiger partial charge in [0.15, 0.2) is 5.15 Å². The first kappa shape index (κ1) is 6.55. The lowest BCUT2D eigenvalue weighted by Gasteiger charge is -1.93. The van der Waals surface area contributed by atoms with Gasteiger partial charge in [-0.1, -0.05) is 23.7 Å². The summed E-state index contributed by atoms with van der Waals surface area (Å²) in [4.78, 5) is 0. The SMILES string of the molecule is Clc1cc2cc[c]cc2nn1. The molecule has 0 saturated carbocycles. The molecular formula is C8H4ClN2. The number of aromatic nitrogens is 2. The molecule has 1 heterocycles.